The predicted molar refractivity (Wildman–Crippen MR) is 109 cm³/mol. The van der Waals surface area contributed by atoms with Crippen LogP contribution in [-0.4, -0.2) is 22.7 Å². The van der Waals surface area contributed by atoms with Crippen LogP contribution in [0.5, 0.6) is 5.75 Å². The number of ether oxygens (including phenoxy) is 1. The number of carbonyl (C=O) groups excluding carboxylic acids is 1. The van der Waals surface area contributed by atoms with Gasteiger partial charge in [0.05, 0.1) is 5.56 Å². The molecule has 1 aromatic heterocycles. The van der Waals surface area contributed by atoms with Crippen molar-refractivity contribution < 1.29 is 14.1 Å². The van der Waals surface area contributed by atoms with E-state index in [0.29, 0.717) is 29.6 Å². The lowest BCUT2D eigenvalue weighted by molar-refractivity contribution is -0.123. The third kappa shape index (κ3) is 4.68. The van der Waals surface area contributed by atoms with Gasteiger partial charge in [-0.25, -0.2) is 0 Å². The van der Waals surface area contributed by atoms with Gasteiger partial charge in [-0.3, -0.25) is 4.79 Å². The Morgan fingerprint density at radius 2 is 1.59 bits per heavy atom. The molecule has 0 spiro atoms. The van der Waals surface area contributed by atoms with Crippen molar-refractivity contribution >= 4 is 5.91 Å². The first-order chi connectivity index (χ1) is 14.3. The molecule has 0 atom stereocenters. The molecule has 0 radical (unpaired) electrons. The van der Waals surface area contributed by atoms with E-state index in [1.165, 1.54) is 0 Å². The first kappa shape index (κ1) is 18.4. The fraction of sp³-hybridized carbons (Fsp3) is 0.0870. The van der Waals surface area contributed by atoms with Crippen LogP contribution >= 0.6 is 0 Å². The van der Waals surface area contributed by atoms with Crippen LogP contribution in [0, 0.1) is 0 Å². The van der Waals surface area contributed by atoms with Crippen molar-refractivity contribution in [2.75, 3.05) is 6.61 Å². The summed E-state index contributed by atoms with van der Waals surface area (Å²) in [5.41, 5.74) is 2.53. The maximum atomic E-state index is 12.1. The minimum absolute atomic E-state index is 0.108. The summed E-state index contributed by atoms with van der Waals surface area (Å²) in [6.45, 7) is 0.346. The molecule has 29 heavy (non-hydrogen) atoms. The Kier molecular flexibility index (Phi) is 5.62. The van der Waals surface area contributed by atoms with E-state index in [-0.39, 0.29) is 12.5 Å². The zero-order chi connectivity index (χ0) is 19.9. The van der Waals surface area contributed by atoms with Crippen LogP contribution in [0.1, 0.15) is 5.56 Å². The van der Waals surface area contributed by atoms with E-state index in [9.17, 15) is 4.79 Å². The van der Waals surface area contributed by atoms with Crippen LogP contribution in [0.15, 0.2) is 89.5 Å². The average Bonchev–Trinajstić information content (AvgIpc) is 3.28. The highest BCUT2D eigenvalue weighted by molar-refractivity contribution is 5.78. The van der Waals surface area contributed by atoms with Gasteiger partial charge in [-0.05, 0) is 17.7 Å². The average molecular weight is 385 g/mol. The van der Waals surface area contributed by atoms with Crippen molar-refractivity contribution in [2.45, 2.75) is 6.54 Å². The minimum atomic E-state index is -0.209. The summed E-state index contributed by atoms with van der Waals surface area (Å²) >= 11 is 0. The number of aromatic nitrogens is 2. The molecule has 6 nitrogen and oxygen atoms in total. The van der Waals surface area contributed by atoms with Crippen LogP contribution in [0.25, 0.3) is 22.8 Å². The van der Waals surface area contributed by atoms with Crippen LogP contribution < -0.4 is 10.1 Å². The van der Waals surface area contributed by atoms with E-state index < -0.39 is 0 Å². The molecule has 0 aliphatic carbocycles. The number of hydrogen-bond acceptors (Lipinski definition) is 5. The van der Waals surface area contributed by atoms with Crippen molar-refractivity contribution in [3.8, 4) is 28.6 Å². The molecular formula is C23H19N3O3. The van der Waals surface area contributed by atoms with Crippen LogP contribution in [0.3, 0.4) is 0 Å². The number of benzene rings is 3. The van der Waals surface area contributed by atoms with Crippen LogP contribution in [0.2, 0.25) is 0 Å². The topological polar surface area (TPSA) is 77.2 Å². The number of amides is 1. The summed E-state index contributed by atoms with van der Waals surface area (Å²) in [5.74, 6) is 1.13. The largest absolute Gasteiger partial charge is 0.483 e. The third-order valence-corrected chi connectivity index (χ3v) is 4.27. The van der Waals surface area contributed by atoms with Crippen molar-refractivity contribution in [3.63, 3.8) is 0 Å². The molecular weight excluding hydrogens is 366 g/mol. The summed E-state index contributed by atoms with van der Waals surface area (Å²) in [6, 6.07) is 26.6. The smallest absolute Gasteiger partial charge is 0.262 e. The van der Waals surface area contributed by atoms with E-state index in [2.05, 4.69) is 15.5 Å². The molecule has 0 aliphatic heterocycles. The third-order valence-electron chi connectivity index (χ3n) is 4.27. The molecule has 4 rings (SSSR count). The maximum Gasteiger partial charge on any atom is 0.262 e. The standard InChI is InChI=1S/C23H19N3O3/c27-21(24-15-17-9-3-1-4-10-17)16-28-20-14-8-7-13-19(20)23-25-22(26-29-23)18-11-5-2-6-12-18/h1-14H,15-16H2,(H,24,27). The number of para-hydroxylation sites is 1. The van der Waals surface area contributed by atoms with Gasteiger partial charge >= 0.3 is 0 Å². The number of rotatable bonds is 7. The Labute approximate surface area is 168 Å². The SMILES string of the molecule is O=C(COc1ccccc1-c1nc(-c2ccccc2)no1)NCc1ccccc1. The molecule has 1 N–H and O–H groups in total. The van der Waals surface area contributed by atoms with E-state index in [1.807, 2.05) is 78.9 Å². The van der Waals surface area contributed by atoms with Gasteiger partial charge in [-0.15, -0.1) is 0 Å². The Morgan fingerprint density at radius 3 is 2.38 bits per heavy atom. The molecule has 0 fully saturated rings. The van der Waals surface area contributed by atoms with Crippen molar-refractivity contribution in [1.82, 2.24) is 15.5 Å². The fourth-order valence-corrected chi connectivity index (χ4v) is 2.80. The molecule has 4 aromatic rings. The first-order valence-electron chi connectivity index (χ1n) is 9.21. The Morgan fingerprint density at radius 1 is 0.897 bits per heavy atom. The van der Waals surface area contributed by atoms with Crippen molar-refractivity contribution in [2.24, 2.45) is 0 Å². The van der Waals surface area contributed by atoms with E-state index in [0.717, 1.165) is 11.1 Å². The number of nitrogens with zero attached hydrogens (tertiary/aromatic N) is 2. The van der Waals surface area contributed by atoms with E-state index in [4.69, 9.17) is 9.26 Å². The lowest BCUT2D eigenvalue weighted by Crippen LogP contribution is -2.28. The highest BCUT2D eigenvalue weighted by Gasteiger charge is 2.15. The molecule has 3 aromatic carbocycles. The molecule has 0 saturated heterocycles. The Balaban J connectivity index is 1.42. The predicted octanol–water partition coefficient (Wildman–Crippen LogP) is 4.10. The number of hydrogen-bond donors (Lipinski definition) is 1. The van der Waals surface area contributed by atoms with Gasteiger partial charge < -0.3 is 14.6 Å². The van der Waals surface area contributed by atoms with E-state index in [1.54, 1.807) is 6.07 Å². The second-order valence-electron chi connectivity index (χ2n) is 6.34. The number of carbonyl (C=O) groups is 1. The summed E-state index contributed by atoms with van der Waals surface area (Å²) in [7, 11) is 0. The Hall–Kier alpha value is -3.93. The molecule has 0 aliphatic rings. The quantitative estimate of drug-likeness (QED) is 0.518. The summed E-state index contributed by atoms with van der Waals surface area (Å²) in [4.78, 5) is 16.6. The monoisotopic (exact) mass is 385 g/mol. The van der Waals surface area contributed by atoms with Crippen molar-refractivity contribution in [1.29, 1.82) is 0 Å². The Bertz CT molecular complexity index is 1080. The number of nitrogens with one attached hydrogen (secondary N) is 1. The summed E-state index contributed by atoms with van der Waals surface area (Å²) < 4.78 is 11.1. The minimum Gasteiger partial charge on any atom is -0.483 e. The zero-order valence-electron chi connectivity index (χ0n) is 15.6. The fourth-order valence-electron chi connectivity index (χ4n) is 2.80. The lowest BCUT2D eigenvalue weighted by Gasteiger charge is -2.09. The van der Waals surface area contributed by atoms with Crippen LogP contribution in [0.4, 0.5) is 0 Å². The van der Waals surface area contributed by atoms with Gasteiger partial charge in [0.2, 0.25) is 5.82 Å². The second-order valence-corrected chi connectivity index (χ2v) is 6.34. The van der Waals surface area contributed by atoms with Gasteiger partial charge in [0.15, 0.2) is 6.61 Å². The van der Waals surface area contributed by atoms with Crippen LogP contribution in [-0.2, 0) is 11.3 Å². The molecule has 144 valence electrons. The lowest BCUT2D eigenvalue weighted by atomic mass is 10.2. The maximum absolute atomic E-state index is 12.1. The second kappa shape index (κ2) is 8.84. The summed E-state index contributed by atoms with van der Waals surface area (Å²) in [6.07, 6.45) is 0. The van der Waals surface area contributed by atoms with Gasteiger partial charge in [-0.2, -0.15) is 4.98 Å². The normalized spacial score (nSPS) is 10.5. The zero-order valence-corrected chi connectivity index (χ0v) is 15.6. The van der Waals surface area contributed by atoms with Gasteiger partial charge in [0, 0.05) is 12.1 Å². The van der Waals surface area contributed by atoms with Crippen molar-refractivity contribution in [3.05, 3.63) is 90.5 Å². The van der Waals surface area contributed by atoms with Gasteiger partial charge in [0.1, 0.15) is 5.75 Å². The molecule has 0 bridgehead atoms. The molecule has 1 heterocycles. The molecule has 0 unspecified atom stereocenters. The first-order valence-corrected chi connectivity index (χ1v) is 9.21. The molecule has 0 saturated carbocycles. The highest BCUT2D eigenvalue weighted by Crippen LogP contribution is 2.30. The highest BCUT2D eigenvalue weighted by atomic mass is 16.5. The molecule has 1 amide bonds. The van der Waals surface area contributed by atoms with Gasteiger partial charge in [0.25, 0.3) is 11.8 Å². The van der Waals surface area contributed by atoms with E-state index >= 15 is 0 Å². The van der Waals surface area contributed by atoms with Gasteiger partial charge in [-0.1, -0.05) is 78.0 Å². The molecule has 6 heteroatoms. The summed E-state index contributed by atoms with van der Waals surface area (Å²) in [5, 5.41) is 6.88.